The molecule has 0 saturated carbocycles. The zero-order chi connectivity index (χ0) is 13.1. The van der Waals surface area contributed by atoms with Gasteiger partial charge in [0.2, 0.25) is 0 Å². The summed E-state index contributed by atoms with van der Waals surface area (Å²) in [5.41, 5.74) is 6.21. The molecule has 0 fully saturated rings. The Morgan fingerprint density at radius 3 is 3.00 bits per heavy atom. The monoisotopic (exact) mass is 247 g/mol. The SMILES string of the molecule is Cn1cnnc1CNC(=O)c1cc(O)ccc1N. The van der Waals surface area contributed by atoms with Crippen molar-refractivity contribution in [2.75, 3.05) is 5.73 Å². The molecule has 7 nitrogen and oxygen atoms in total. The molecule has 0 aliphatic carbocycles. The van der Waals surface area contributed by atoms with Crippen LogP contribution >= 0.6 is 0 Å². The van der Waals surface area contributed by atoms with Crippen LogP contribution in [-0.4, -0.2) is 25.8 Å². The predicted molar refractivity (Wildman–Crippen MR) is 64.7 cm³/mol. The Bertz CT molecular complexity index is 579. The number of carbonyl (C=O) groups is 1. The largest absolute Gasteiger partial charge is 0.508 e. The zero-order valence-corrected chi connectivity index (χ0v) is 9.79. The molecule has 2 aromatic rings. The van der Waals surface area contributed by atoms with Crippen LogP contribution in [0.15, 0.2) is 24.5 Å². The van der Waals surface area contributed by atoms with Gasteiger partial charge >= 0.3 is 0 Å². The molecule has 0 radical (unpaired) electrons. The number of benzene rings is 1. The second-order valence-electron chi connectivity index (χ2n) is 3.81. The van der Waals surface area contributed by atoms with E-state index in [-0.39, 0.29) is 23.8 Å². The van der Waals surface area contributed by atoms with Crippen LogP contribution in [0.5, 0.6) is 5.75 Å². The second kappa shape index (κ2) is 4.74. The van der Waals surface area contributed by atoms with Gasteiger partial charge in [0, 0.05) is 12.7 Å². The molecule has 0 atom stereocenters. The maximum absolute atomic E-state index is 11.9. The summed E-state index contributed by atoms with van der Waals surface area (Å²) in [6.45, 7) is 0.241. The molecule has 4 N–H and O–H groups in total. The highest BCUT2D eigenvalue weighted by atomic mass is 16.3. The molecule has 1 amide bonds. The lowest BCUT2D eigenvalue weighted by atomic mass is 10.1. The van der Waals surface area contributed by atoms with Crippen LogP contribution in [0.1, 0.15) is 16.2 Å². The van der Waals surface area contributed by atoms with Gasteiger partial charge in [-0.05, 0) is 18.2 Å². The smallest absolute Gasteiger partial charge is 0.253 e. The molecule has 18 heavy (non-hydrogen) atoms. The first-order chi connectivity index (χ1) is 8.58. The second-order valence-corrected chi connectivity index (χ2v) is 3.81. The molecule has 0 saturated heterocycles. The van der Waals surface area contributed by atoms with E-state index in [1.54, 1.807) is 17.9 Å². The van der Waals surface area contributed by atoms with Crippen molar-refractivity contribution in [1.82, 2.24) is 20.1 Å². The van der Waals surface area contributed by atoms with Gasteiger partial charge in [0.15, 0.2) is 5.82 Å². The molecule has 0 spiro atoms. The fourth-order valence-electron chi connectivity index (χ4n) is 1.46. The quantitative estimate of drug-likeness (QED) is 0.524. The molecular weight excluding hydrogens is 234 g/mol. The maximum Gasteiger partial charge on any atom is 0.253 e. The molecule has 2 rings (SSSR count). The third-order valence-corrected chi connectivity index (χ3v) is 2.49. The number of nitrogen functional groups attached to an aromatic ring is 1. The molecule has 0 bridgehead atoms. The lowest BCUT2D eigenvalue weighted by Gasteiger charge is -2.07. The van der Waals surface area contributed by atoms with Gasteiger partial charge in [-0.15, -0.1) is 10.2 Å². The van der Waals surface area contributed by atoms with Crippen LogP contribution in [0, 0.1) is 0 Å². The Hall–Kier alpha value is -2.57. The summed E-state index contributed by atoms with van der Waals surface area (Å²) in [7, 11) is 1.78. The van der Waals surface area contributed by atoms with E-state index in [1.807, 2.05) is 0 Å². The number of nitrogens with zero attached hydrogens (tertiary/aromatic N) is 3. The van der Waals surface area contributed by atoms with Gasteiger partial charge in [0.05, 0.1) is 12.1 Å². The molecule has 0 unspecified atom stereocenters. The van der Waals surface area contributed by atoms with Crippen molar-refractivity contribution >= 4 is 11.6 Å². The van der Waals surface area contributed by atoms with Crippen LogP contribution in [0.25, 0.3) is 0 Å². The Labute approximate surface area is 103 Å². The summed E-state index contributed by atoms with van der Waals surface area (Å²) in [6.07, 6.45) is 1.55. The molecular formula is C11H13N5O2. The molecule has 1 aromatic heterocycles. The maximum atomic E-state index is 11.9. The number of hydrogen-bond donors (Lipinski definition) is 3. The highest BCUT2D eigenvalue weighted by Gasteiger charge is 2.11. The van der Waals surface area contributed by atoms with Gasteiger partial charge in [-0.2, -0.15) is 0 Å². The van der Waals surface area contributed by atoms with Crippen molar-refractivity contribution < 1.29 is 9.90 Å². The van der Waals surface area contributed by atoms with Crippen molar-refractivity contribution in [3.63, 3.8) is 0 Å². The van der Waals surface area contributed by atoms with E-state index in [2.05, 4.69) is 15.5 Å². The van der Waals surface area contributed by atoms with Gasteiger partial charge in [-0.25, -0.2) is 0 Å². The minimum absolute atomic E-state index is 0.00647. The highest BCUT2D eigenvalue weighted by molar-refractivity contribution is 5.99. The number of amides is 1. The summed E-state index contributed by atoms with van der Waals surface area (Å²) in [6, 6.07) is 4.22. The van der Waals surface area contributed by atoms with Crippen molar-refractivity contribution in [3.8, 4) is 5.75 Å². The third-order valence-electron chi connectivity index (χ3n) is 2.49. The normalized spacial score (nSPS) is 10.3. The van der Waals surface area contributed by atoms with E-state index in [1.165, 1.54) is 18.2 Å². The molecule has 1 heterocycles. The van der Waals surface area contributed by atoms with E-state index in [9.17, 15) is 9.90 Å². The molecule has 0 aliphatic rings. The van der Waals surface area contributed by atoms with Gasteiger partial charge in [0.1, 0.15) is 12.1 Å². The number of phenolic OH excluding ortho intramolecular Hbond substituents is 1. The Balaban J connectivity index is 2.08. The fraction of sp³-hybridized carbons (Fsp3) is 0.182. The van der Waals surface area contributed by atoms with Crippen LogP contribution < -0.4 is 11.1 Å². The summed E-state index contributed by atoms with van der Waals surface area (Å²) in [5.74, 6) is 0.251. The van der Waals surface area contributed by atoms with Gasteiger partial charge in [-0.1, -0.05) is 0 Å². The lowest BCUT2D eigenvalue weighted by molar-refractivity contribution is 0.0950. The number of nitrogens with two attached hydrogens (primary N) is 1. The van der Waals surface area contributed by atoms with Crippen molar-refractivity contribution in [2.24, 2.45) is 7.05 Å². The van der Waals surface area contributed by atoms with E-state index in [0.29, 0.717) is 11.5 Å². The van der Waals surface area contributed by atoms with Crippen LogP contribution in [0.3, 0.4) is 0 Å². The number of aromatic hydroxyl groups is 1. The number of aryl methyl sites for hydroxylation is 1. The van der Waals surface area contributed by atoms with Crippen molar-refractivity contribution in [2.45, 2.75) is 6.54 Å². The Kier molecular flexibility index (Phi) is 3.13. The molecule has 0 aliphatic heterocycles. The Morgan fingerprint density at radius 1 is 1.56 bits per heavy atom. The third kappa shape index (κ3) is 2.40. The first kappa shape index (κ1) is 11.9. The minimum Gasteiger partial charge on any atom is -0.508 e. The number of anilines is 1. The first-order valence-electron chi connectivity index (χ1n) is 5.27. The van der Waals surface area contributed by atoms with Gasteiger partial charge in [0.25, 0.3) is 5.91 Å². The standard InChI is InChI=1S/C11H13N5O2/c1-16-6-14-15-10(16)5-13-11(18)8-4-7(17)2-3-9(8)12/h2-4,6,17H,5,12H2,1H3,(H,13,18). The summed E-state index contributed by atoms with van der Waals surface area (Å²) in [5, 5.41) is 19.5. The topological polar surface area (TPSA) is 106 Å². The van der Waals surface area contributed by atoms with Crippen molar-refractivity contribution in [3.05, 3.63) is 35.9 Å². The number of carbonyl (C=O) groups excluding carboxylic acids is 1. The van der Waals surface area contributed by atoms with E-state index < -0.39 is 0 Å². The number of rotatable bonds is 3. The van der Waals surface area contributed by atoms with E-state index in [0.717, 1.165) is 0 Å². The number of hydrogen-bond acceptors (Lipinski definition) is 5. The number of phenols is 1. The van der Waals surface area contributed by atoms with Crippen LogP contribution in [0.2, 0.25) is 0 Å². The molecule has 94 valence electrons. The highest BCUT2D eigenvalue weighted by Crippen LogP contribution is 2.18. The predicted octanol–water partition coefficient (Wildman–Crippen LogP) is 0.0329. The minimum atomic E-state index is -0.369. The van der Waals surface area contributed by atoms with Gasteiger partial charge < -0.3 is 20.7 Å². The zero-order valence-electron chi connectivity index (χ0n) is 9.79. The molecule has 1 aromatic carbocycles. The fourth-order valence-corrected chi connectivity index (χ4v) is 1.46. The first-order valence-corrected chi connectivity index (χ1v) is 5.27. The molecule has 7 heteroatoms. The number of nitrogens with one attached hydrogen (secondary N) is 1. The number of aromatic nitrogens is 3. The summed E-state index contributed by atoms with van der Waals surface area (Å²) in [4.78, 5) is 11.9. The average Bonchev–Trinajstić information content (AvgIpc) is 2.75. The summed E-state index contributed by atoms with van der Waals surface area (Å²) >= 11 is 0. The van der Waals surface area contributed by atoms with Crippen LogP contribution in [-0.2, 0) is 13.6 Å². The summed E-state index contributed by atoms with van der Waals surface area (Å²) < 4.78 is 1.70. The van der Waals surface area contributed by atoms with Crippen LogP contribution in [0.4, 0.5) is 5.69 Å². The Morgan fingerprint density at radius 2 is 2.33 bits per heavy atom. The van der Waals surface area contributed by atoms with E-state index >= 15 is 0 Å². The average molecular weight is 247 g/mol. The van der Waals surface area contributed by atoms with E-state index in [4.69, 9.17) is 5.73 Å². The lowest BCUT2D eigenvalue weighted by Crippen LogP contribution is -2.25. The van der Waals surface area contributed by atoms with Crippen molar-refractivity contribution in [1.29, 1.82) is 0 Å². The van der Waals surface area contributed by atoms with Gasteiger partial charge in [-0.3, -0.25) is 4.79 Å².